The quantitative estimate of drug-likeness (QED) is 0.321. The highest BCUT2D eigenvalue weighted by molar-refractivity contribution is 6.06. The lowest BCUT2D eigenvalue weighted by atomic mass is 9.63. The lowest BCUT2D eigenvalue weighted by molar-refractivity contribution is -0.384. The van der Waals surface area contributed by atoms with Crippen molar-refractivity contribution in [3.8, 4) is 0 Å². The number of ether oxygens (including phenoxy) is 2. The van der Waals surface area contributed by atoms with E-state index in [-0.39, 0.29) is 12.1 Å². The number of hydrogen-bond donors (Lipinski definition) is 1. The molecule has 0 unspecified atom stereocenters. The van der Waals surface area contributed by atoms with Crippen LogP contribution in [0.4, 0.5) is 5.69 Å². The van der Waals surface area contributed by atoms with Crippen molar-refractivity contribution in [2.24, 2.45) is 11.8 Å². The minimum atomic E-state index is -1.93. The predicted molar refractivity (Wildman–Crippen MR) is 106 cm³/mol. The topological polar surface area (TPSA) is 133 Å². The number of ketones is 1. The molecule has 1 aromatic carbocycles. The molecule has 0 saturated heterocycles. The van der Waals surface area contributed by atoms with E-state index in [0.717, 1.165) is 0 Å². The van der Waals surface area contributed by atoms with E-state index in [0.29, 0.717) is 5.56 Å². The molecule has 4 atom stereocenters. The molecule has 0 heterocycles. The Labute approximate surface area is 174 Å². The van der Waals surface area contributed by atoms with Crippen molar-refractivity contribution in [2.45, 2.75) is 64.8 Å². The number of rotatable bonds is 6. The zero-order valence-corrected chi connectivity index (χ0v) is 17.7. The third kappa shape index (κ3) is 5.02. The van der Waals surface area contributed by atoms with Crippen molar-refractivity contribution in [2.75, 3.05) is 0 Å². The van der Waals surface area contributed by atoms with E-state index in [1.54, 1.807) is 27.7 Å². The number of aliphatic hydroxyl groups is 1. The highest BCUT2D eigenvalue weighted by Gasteiger charge is 2.56. The van der Waals surface area contributed by atoms with E-state index in [2.05, 4.69) is 0 Å². The number of carbonyl (C=O) groups is 3. The SMILES string of the molecule is CC(C)OC(=O)[C@H]1C(=O)[C@](C)(O)C[C@H](C(=O)OC(C)C)[C@H]1c1ccc([N+](=O)[O-])cc1. The number of carbonyl (C=O) groups excluding carboxylic acids is 3. The van der Waals surface area contributed by atoms with Crippen LogP contribution in [-0.4, -0.2) is 45.6 Å². The third-order valence-corrected chi connectivity index (χ3v) is 4.97. The fourth-order valence-corrected chi connectivity index (χ4v) is 3.74. The fourth-order valence-electron chi connectivity index (χ4n) is 3.74. The van der Waals surface area contributed by atoms with E-state index in [1.807, 2.05) is 0 Å². The zero-order chi connectivity index (χ0) is 22.8. The summed E-state index contributed by atoms with van der Waals surface area (Å²) < 4.78 is 10.6. The van der Waals surface area contributed by atoms with Gasteiger partial charge in [0.1, 0.15) is 11.5 Å². The van der Waals surface area contributed by atoms with Crippen LogP contribution in [0.2, 0.25) is 0 Å². The van der Waals surface area contributed by atoms with Crippen LogP contribution in [0.3, 0.4) is 0 Å². The van der Waals surface area contributed by atoms with Gasteiger partial charge in [-0.1, -0.05) is 12.1 Å². The van der Waals surface area contributed by atoms with E-state index in [9.17, 15) is 29.6 Å². The summed E-state index contributed by atoms with van der Waals surface area (Å²) in [5, 5.41) is 21.7. The van der Waals surface area contributed by atoms with E-state index < -0.39 is 58.2 Å². The van der Waals surface area contributed by atoms with Crippen molar-refractivity contribution in [3.05, 3.63) is 39.9 Å². The third-order valence-electron chi connectivity index (χ3n) is 4.97. The zero-order valence-electron chi connectivity index (χ0n) is 17.7. The van der Waals surface area contributed by atoms with Crippen LogP contribution in [0, 0.1) is 22.0 Å². The molecule has 0 aliphatic heterocycles. The number of esters is 2. The average Bonchev–Trinajstić information content (AvgIpc) is 2.62. The molecule has 9 heteroatoms. The number of benzene rings is 1. The Morgan fingerprint density at radius 2 is 1.60 bits per heavy atom. The Kier molecular flexibility index (Phi) is 6.97. The molecule has 2 rings (SSSR count). The molecule has 1 saturated carbocycles. The highest BCUT2D eigenvalue weighted by Crippen LogP contribution is 2.45. The molecule has 30 heavy (non-hydrogen) atoms. The number of non-ortho nitro benzene ring substituents is 1. The second-order valence-electron chi connectivity index (χ2n) is 8.27. The van der Waals surface area contributed by atoms with Crippen molar-refractivity contribution < 1.29 is 33.9 Å². The molecule has 1 N–H and O–H groups in total. The van der Waals surface area contributed by atoms with Crippen molar-refractivity contribution in [1.29, 1.82) is 0 Å². The lowest BCUT2D eigenvalue weighted by Crippen LogP contribution is -2.55. The monoisotopic (exact) mass is 421 g/mol. The predicted octanol–water partition coefficient (Wildman–Crippen LogP) is 2.54. The van der Waals surface area contributed by atoms with E-state index in [1.165, 1.54) is 31.2 Å². The van der Waals surface area contributed by atoms with Gasteiger partial charge in [-0.3, -0.25) is 24.5 Å². The van der Waals surface area contributed by atoms with Crippen LogP contribution in [-0.2, 0) is 23.9 Å². The molecule has 0 radical (unpaired) electrons. The maximum atomic E-state index is 13.0. The molecule has 0 bridgehead atoms. The summed E-state index contributed by atoms with van der Waals surface area (Å²) in [6.07, 6.45) is -1.21. The molecule has 9 nitrogen and oxygen atoms in total. The number of nitro benzene ring substituents is 1. The summed E-state index contributed by atoms with van der Waals surface area (Å²) >= 11 is 0. The van der Waals surface area contributed by atoms with Crippen molar-refractivity contribution >= 4 is 23.4 Å². The van der Waals surface area contributed by atoms with Crippen LogP contribution in [0.15, 0.2) is 24.3 Å². The van der Waals surface area contributed by atoms with Crippen LogP contribution in [0.1, 0.15) is 52.5 Å². The summed E-state index contributed by atoms with van der Waals surface area (Å²) in [5.41, 5.74) is -1.73. The molecule has 0 aromatic heterocycles. The van der Waals surface area contributed by atoms with Gasteiger partial charge in [0.05, 0.1) is 23.0 Å². The minimum Gasteiger partial charge on any atom is -0.463 e. The smallest absolute Gasteiger partial charge is 0.317 e. The van der Waals surface area contributed by atoms with E-state index in [4.69, 9.17) is 9.47 Å². The molecule has 1 aliphatic carbocycles. The Hall–Kier alpha value is -2.81. The number of nitrogens with zero attached hydrogens (tertiary/aromatic N) is 1. The van der Waals surface area contributed by atoms with Gasteiger partial charge in [-0.15, -0.1) is 0 Å². The van der Waals surface area contributed by atoms with Crippen LogP contribution in [0.25, 0.3) is 0 Å². The molecular formula is C21H27NO8. The Balaban J connectivity index is 2.60. The normalized spacial score (nSPS) is 26.5. The van der Waals surface area contributed by atoms with Gasteiger partial charge in [0.2, 0.25) is 0 Å². The second-order valence-corrected chi connectivity index (χ2v) is 8.27. The summed E-state index contributed by atoms with van der Waals surface area (Å²) in [7, 11) is 0. The summed E-state index contributed by atoms with van der Waals surface area (Å²) in [5.74, 6) is -5.75. The number of nitro groups is 1. The second kappa shape index (κ2) is 8.91. The lowest BCUT2D eigenvalue weighted by Gasteiger charge is -2.42. The van der Waals surface area contributed by atoms with Crippen LogP contribution < -0.4 is 0 Å². The molecule has 1 aliphatic rings. The van der Waals surface area contributed by atoms with Gasteiger partial charge in [0, 0.05) is 18.1 Å². The first-order valence-electron chi connectivity index (χ1n) is 9.77. The Bertz CT molecular complexity index is 828. The van der Waals surface area contributed by atoms with E-state index >= 15 is 0 Å². The molecule has 164 valence electrons. The summed E-state index contributed by atoms with van der Waals surface area (Å²) in [6.45, 7) is 7.82. The van der Waals surface area contributed by atoms with Gasteiger partial charge in [-0.2, -0.15) is 0 Å². The van der Waals surface area contributed by atoms with Gasteiger partial charge in [0.25, 0.3) is 5.69 Å². The molecule has 0 amide bonds. The first-order chi connectivity index (χ1) is 13.8. The van der Waals surface area contributed by atoms with Gasteiger partial charge in [-0.25, -0.2) is 0 Å². The molecule has 1 aromatic rings. The van der Waals surface area contributed by atoms with Crippen LogP contribution in [0.5, 0.6) is 0 Å². The largest absolute Gasteiger partial charge is 0.463 e. The standard InChI is InChI=1S/C21H27NO8/c1-11(2)29-19(24)15-10-21(5,26)18(23)17(20(25)30-12(3)4)16(15)13-6-8-14(9-7-13)22(27)28/h6-9,11-12,15-17,26H,10H2,1-5H3/t15-,16+,17+,21+/m0/s1. The van der Waals surface area contributed by atoms with Gasteiger partial charge >= 0.3 is 11.9 Å². The molecule has 0 spiro atoms. The summed E-state index contributed by atoms with van der Waals surface area (Å²) in [6, 6.07) is 5.29. The van der Waals surface area contributed by atoms with Crippen LogP contribution >= 0.6 is 0 Å². The first kappa shape index (κ1) is 23.5. The molecule has 1 fully saturated rings. The average molecular weight is 421 g/mol. The Morgan fingerprint density at radius 1 is 1.10 bits per heavy atom. The minimum absolute atomic E-state index is 0.171. The van der Waals surface area contributed by atoms with Crippen molar-refractivity contribution in [1.82, 2.24) is 0 Å². The fraction of sp³-hybridized carbons (Fsp3) is 0.571. The van der Waals surface area contributed by atoms with Gasteiger partial charge in [-0.05, 0) is 46.6 Å². The van der Waals surface area contributed by atoms with Crippen molar-refractivity contribution in [3.63, 3.8) is 0 Å². The highest BCUT2D eigenvalue weighted by atomic mass is 16.6. The molecular weight excluding hydrogens is 394 g/mol. The van der Waals surface area contributed by atoms with Gasteiger partial charge in [0.15, 0.2) is 5.78 Å². The summed E-state index contributed by atoms with van der Waals surface area (Å²) in [4.78, 5) is 49.1. The first-order valence-corrected chi connectivity index (χ1v) is 9.77. The number of Topliss-reactive ketones (excluding diaryl/α,β-unsaturated/α-hetero) is 1. The van der Waals surface area contributed by atoms with Gasteiger partial charge < -0.3 is 14.6 Å². The maximum absolute atomic E-state index is 13.0. The Morgan fingerprint density at radius 3 is 2.07 bits per heavy atom. The maximum Gasteiger partial charge on any atom is 0.317 e. The number of hydrogen-bond acceptors (Lipinski definition) is 8.